The highest BCUT2D eigenvalue weighted by Gasteiger charge is 2.31. The van der Waals surface area contributed by atoms with Crippen molar-refractivity contribution in [2.45, 2.75) is 24.8 Å². The highest BCUT2D eigenvalue weighted by atomic mass is 32.2. The molecule has 0 unspecified atom stereocenters. The van der Waals surface area contributed by atoms with Gasteiger partial charge in [0.1, 0.15) is 0 Å². The number of benzene rings is 2. The zero-order valence-corrected chi connectivity index (χ0v) is 18.9. The minimum Gasteiger partial charge on any atom is -0.336 e. The second-order valence-electron chi connectivity index (χ2n) is 7.47. The number of piperazine rings is 1. The van der Waals surface area contributed by atoms with E-state index in [9.17, 15) is 26.8 Å². The Morgan fingerprint density at radius 1 is 1.03 bits per heavy atom. The van der Waals surface area contributed by atoms with Crippen LogP contribution in [0.3, 0.4) is 0 Å². The summed E-state index contributed by atoms with van der Waals surface area (Å²) in [7, 11) is -3.81. The first kappa shape index (κ1) is 22.6. The number of aromatic nitrogens is 1. The standard InChI is InChI=1S/C21H21F2N3O4S2/c1-2-7-26-18-6-4-15(13-19(18)31-21(26)28)32(29,30)25-10-8-24(9-11-25)20(27)14-3-5-16(22)17(23)12-14/h3-6,12-13H,2,7-11H2,1H3. The Labute approximate surface area is 187 Å². The SMILES string of the molecule is CCCn1c(=O)sc2cc(S(=O)(=O)N3CCN(C(=O)c4ccc(F)c(F)c4)CC3)ccc21. The fourth-order valence-corrected chi connectivity index (χ4v) is 6.22. The highest BCUT2D eigenvalue weighted by Crippen LogP contribution is 2.25. The van der Waals surface area contributed by atoms with Crippen molar-refractivity contribution in [2.75, 3.05) is 26.2 Å². The van der Waals surface area contributed by atoms with Crippen molar-refractivity contribution in [3.05, 3.63) is 63.3 Å². The van der Waals surface area contributed by atoms with Crippen molar-refractivity contribution in [3.63, 3.8) is 0 Å². The van der Waals surface area contributed by atoms with Gasteiger partial charge in [-0.05, 0) is 42.8 Å². The second kappa shape index (κ2) is 8.72. The van der Waals surface area contributed by atoms with Crippen LogP contribution in [0.15, 0.2) is 46.1 Å². The Balaban J connectivity index is 1.50. The molecule has 0 spiro atoms. The van der Waals surface area contributed by atoms with Crippen LogP contribution < -0.4 is 4.87 Å². The van der Waals surface area contributed by atoms with E-state index in [0.717, 1.165) is 29.9 Å². The molecule has 1 fully saturated rings. The highest BCUT2D eigenvalue weighted by molar-refractivity contribution is 7.89. The maximum absolute atomic E-state index is 13.4. The molecule has 11 heteroatoms. The Bertz CT molecular complexity index is 1340. The van der Waals surface area contributed by atoms with Crippen molar-refractivity contribution in [1.82, 2.24) is 13.8 Å². The number of halogens is 2. The average molecular weight is 482 g/mol. The van der Waals surface area contributed by atoms with E-state index in [2.05, 4.69) is 0 Å². The third kappa shape index (κ3) is 4.07. The zero-order valence-electron chi connectivity index (χ0n) is 17.3. The first-order valence-electron chi connectivity index (χ1n) is 10.1. The molecule has 0 radical (unpaired) electrons. The fourth-order valence-electron chi connectivity index (χ4n) is 3.73. The number of carbonyl (C=O) groups excluding carboxylic acids is 1. The number of rotatable bonds is 5. The molecule has 0 N–H and O–H groups in total. The maximum Gasteiger partial charge on any atom is 0.308 e. The van der Waals surface area contributed by atoms with Gasteiger partial charge in [0.2, 0.25) is 10.0 Å². The van der Waals surface area contributed by atoms with Gasteiger partial charge in [0, 0.05) is 38.3 Å². The molecule has 1 aliphatic rings. The third-order valence-electron chi connectivity index (χ3n) is 5.42. The van der Waals surface area contributed by atoms with Gasteiger partial charge in [-0.15, -0.1) is 0 Å². The number of sulfonamides is 1. The molecule has 0 saturated carbocycles. The number of aryl methyl sites for hydroxylation is 1. The topological polar surface area (TPSA) is 79.7 Å². The fraction of sp³-hybridized carbons (Fsp3) is 0.333. The molecule has 0 bridgehead atoms. The van der Waals surface area contributed by atoms with E-state index >= 15 is 0 Å². The number of nitrogens with zero attached hydrogens (tertiary/aromatic N) is 3. The Kier molecular flexibility index (Phi) is 6.15. The molecule has 1 aromatic heterocycles. The van der Waals surface area contributed by atoms with E-state index < -0.39 is 27.6 Å². The molecular formula is C21H21F2N3O4S2. The predicted octanol–water partition coefficient (Wildman–Crippen LogP) is 2.90. The summed E-state index contributed by atoms with van der Waals surface area (Å²) in [5, 5.41) is 0. The van der Waals surface area contributed by atoms with Crippen LogP contribution >= 0.6 is 11.3 Å². The molecule has 2 heterocycles. The van der Waals surface area contributed by atoms with Crippen molar-refractivity contribution in [1.29, 1.82) is 0 Å². The van der Waals surface area contributed by atoms with Crippen LogP contribution in [0.4, 0.5) is 8.78 Å². The lowest BCUT2D eigenvalue weighted by Crippen LogP contribution is -2.50. The normalized spacial score (nSPS) is 15.4. The second-order valence-corrected chi connectivity index (χ2v) is 10.4. The van der Waals surface area contributed by atoms with E-state index in [0.29, 0.717) is 16.8 Å². The molecule has 1 saturated heterocycles. The molecule has 1 amide bonds. The van der Waals surface area contributed by atoms with Crippen LogP contribution in [0.2, 0.25) is 0 Å². The minimum absolute atomic E-state index is 0.0113. The third-order valence-corrected chi connectivity index (χ3v) is 8.25. The number of amides is 1. The zero-order chi connectivity index (χ0) is 23.0. The maximum atomic E-state index is 13.4. The van der Waals surface area contributed by atoms with Gasteiger partial charge in [-0.1, -0.05) is 18.3 Å². The van der Waals surface area contributed by atoms with E-state index in [1.807, 2.05) is 6.92 Å². The van der Waals surface area contributed by atoms with Crippen molar-refractivity contribution < 1.29 is 22.0 Å². The van der Waals surface area contributed by atoms with Crippen molar-refractivity contribution in [3.8, 4) is 0 Å². The number of fused-ring (bicyclic) bond motifs is 1. The summed E-state index contributed by atoms with van der Waals surface area (Å²) in [6.45, 7) is 2.93. The van der Waals surface area contributed by atoms with Crippen molar-refractivity contribution in [2.24, 2.45) is 0 Å². The molecular weight excluding hydrogens is 460 g/mol. The van der Waals surface area contributed by atoms with Gasteiger partial charge in [0.15, 0.2) is 11.6 Å². The van der Waals surface area contributed by atoms with Crippen LogP contribution in [0, 0.1) is 11.6 Å². The lowest BCUT2D eigenvalue weighted by atomic mass is 10.1. The number of thiazole rings is 1. The van der Waals surface area contributed by atoms with Crippen LogP contribution in [0.1, 0.15) is 23.7 Å². The van der Waals surface area contributed by atoms with Gasteiger partial charge in [-0.25, -0.2) is 17.2 Å². The summed E-state index contributed by atoms with van der Waals surface area (Å²) < 4.78 is 56.3. The van der Waals surface area contributed by atoms with E-state index in [4.69, 9.17) is 0 Å². The Morgan fingerprint density at radius 3 is 2.41 bits per heavy atom. The minimum atomic E-state index is -3.81. The van der Waals surface area contributed by atoms with Gasteiger partial charge in [-0.3, -0.25) is 14.2 Å². The first-order chi connectivity index (χ1) is 15.2. The van der Waals surface area contributed by atoms with E-state index in [1.165, 1.54) is 27.4 Å². The van der Waals surface area contributed by atoms with E-state index in [-0.39, 0.29) is 41.5 Å². The van der Waals surface area contributed by atoms with Gasteiger partial charge in [0.25, 0.3) is 5.91 Å². The van der Waals surface area contributed by atoms with Crippen LogP contribution in [-0.4, -0.2) is 54.3 Å². The molecule has 0 atom stereocenters. The molecule has 32 heavy (non-hydrogen) atoms. The number of hydrogen-bond donors (Lipinski definition) is 0. The Morgan fingerprint density at radius 2 is 1.75 bits per heavy atom. The summed E-state index contributed by atoms with van der Waals surface area (Å²) in [5.74, 6) is -2.63. The summed E-state index contributed by atoms with van der Waals surface area (Å²) >= 11 is 1.01. The molecule has 0 aliphatic carbocycles. The average Bonchev–Trinajstić information content (AvgIpc) is 3.10. The molecule has 2 aromatic carbocycles. The van der Waals surface area contributed by atoms with Crippen LogP contribution in [-0.2, 0) is 16.6 Å². The van der Waals surface area contributed by atoms with Crippen molar-refractivity contribution >= 4 is 37.5 Å². The molecule has 1 aliphatic heterocycles. The Hall–Kier alpha value is -2.63. The van der Waals surface area contributed by atoms with Gasteiger partial charge in [-0.2, -0.15) is 4.31 Å². The molecule has 170 valence electrons. The molecule has 4 rings (SSSR count). The smallest absolute Gasteiger partial charge is 0.308 e. The summed E-state index contributed by atoms with van der Waals surface area (Å²) in [6, 6.07) is 7.60. The van der Waals surface area contributed by atoms with Gasteiger partial charge in [0.05, 0.1) is 15.1 Å². The summed E-state index contributed by atoms with van der Waals surface area (Å²) in [5.41, 5.74) is 0.722. The number of hydrogen-bond acceptors (Lipinski definition) is 5. The van der Waals surface area contributed by atoms with E-state index in [1.54, 1.807) is 10.6 Å². The number of carbonyl (C=O) groups is 1. The van der Waals surface area contributed by atoms with Gasteiger partial charge >= 0.3 is 4.87 Å². The largest absolute Gasteiger partial charge is 0.336 e. The first-order valence-corrected chi connectivity index (χ1v) is 12.4. The molecule has 3 aromatic rings. The van der Waals surface area contributed by atoms with Crippen LogP contribution in [0.5, 0.6) is 0 Å². The quantitative estimate of drug-likeness (QED) is 0.561. The van der Waals surface area contributed by atoms with Crippen LogP contribution in [0.25, 0.3) is 10.2 Å². The summed E-state index contributed by atoms with van der Waals surface area (Å²) in [4.78, 5) is 26.1. The summed E-state index contributed by atoms with van der Waals surface area (Å²) in [6.07, 6.45) is 0.791. The lowest BCUT2D eigenvalue weighted by molar-refractivity contribution is 0.0697. The lowest BCUT2D eigenvalue weighted by Gasteiger charge is -2.34. The van der Waals surface area contributed by atoms with Gasteiger partial charge < -0.3 is 4.90 Å². The molecule has 7 nitrogen and oxygen atoms in total. The predicted molar refractivity (Wildman–Crippen MR) is 117 cm³/mol. The monoisotopic (exact) mass is 481 g/mol.